The number of esters is 1. The molecule has 4 heteroatoms. The summed E-state index contributed by atoms with van der Waals surface area (Å²) in [5, 5.41) is 0. The molecule has 0 N–H and O–H groups in total. The number of hydrogen-bond acceptors (Lipinski definition) is 4. The first-order valence-electron chi connectivity index (χ1n) is 10.6. The lowest BCUT2D eigenvalue weighted by Crippen LogP contribution is -2.13. The van der Waals surface area contributed by atoms with Gasteiger partial charge in [0.15, 0.2) is 0 Å². The summed E-state index contributed by atoms with van der Waals surface area (Å²) in [6.07, 6.45) is 15.4. The van der Waals surface area contributed by atoms with Crippen molar-refractivity contribution in [3.63, 3.8) is 0 Å². The van der Waals surface area contributed by atoms with Crippen LogP contribution in [0.5, 0.6) is 0 Å². The summed E-state index contributed by atoms with van der Waals surface area (Å²) < 4.78 is 16.1. The molecule has 0 spiro atoms. The standard InChI is InChI=1S/C21H42O4/c1-3-5-7-9-11-13-15-21(22)25-20-19-24-18-17-23-16-14-12-10-8-6-4-2/h3-20H2,1-2H3. The van der Waals surface area contributed by atoms with Gasteiger partial charge in [0.05, 0.1) is 19.8 Å². The SMILES string of the molecule is CCCCCCCCOCCOCCOC(=O)CCCCCCCC. The third-order valence-electron chi connectivity index (χ3n) is 4.24. The van der Waals surface area contributed by atoms with Crippen LogP contribution in [0.4, 0.5) is 0 Å². The van der Waals surface area contributed by atoms with Crippen molar-refractivity contribution >= 4 is 5.97 Å². The van der Waals surface area contributed by atoms with Gasteiger partial charge in [-0.3, -0.25) is 4.79 Å². The minimum Gasteiger partial charge on any atom is -0.463 e. The van der Waals surface area contributed by atoms with Crippen molar-refractivity contribution in [1.82, 2.24) is 0 Å². The van der Waals surface area contributed by atoms with E-state index in [4.69, 9.17) is 14.2 Å². The Hall–Kier alpha value is -0.610. The number of carbonyl (C=O) groups is 1. The lowest BCUT2D eigenvalue weighted by atomic mass is 10.1. The molecule has 0 aromatic carbocycles. The highest BCUT2D eigenvalue weighted by Crippen LogP contribution is 2.07. The van der Waals surface area contributed by atoms with Crippen molar-refractivity contribution in [2.24, 2.45) is 0 Å². The lowest BCUT2D eigenvalue weighted by Gasteiger charge is -2.07. The van der Waals surface area contributed by atoms with Crippen LogP contribution in [0.25, 0.3) is 0 Å². The summed E-state index contributed by atoms with van der Waals surface area (Å²) in [5.41, 5.74) is 0. The Morgan fingerprint density at radius 2 is 1.04 bits per heavy atom. The van der Waals surface area contributed by atoms with E-state index in [0.29, 0.717) is 32.8 Å². The molecule has 0 aromatic rings. The maximum Gasteiger partial charge on any atom is 0.305 e. The van der Waals surface area contributed by atoms with Crippen molar-refractivity contribution in [1.29, 1.82) is 0 Å². The molecule has 0 unspecified atom stereocenters. The third-order valence-corrected chi connectivity index (χ3v) is 4.24. The molecular formula is C21H42O4. The predicted molar refractivity (Wildman–Crippen MR) is 104 cm³/mol. The maximum absolute atomic E-state index is 11.5. The van der Waals surface area contributed by atoms with Crippen LogP contribution < -0.4 is 0 Å². The second kappa shape index (κ2) is 21.4. The van der Waals surface area contributed by atoms with Crippen molar-refractivity contribution in [3.05, 3.63) is 0 Å². The van der Waals surface area contributed by atoms with Gasteiger partial charge in [-0.25, -0.2) is 0 Å². The molecule has 25 heavy (non-hydrogen) atoms. The van der Waals surface area contributed by atoms with Crippen LogP contribution in [0.15, 0.2) is 0 Å². The molecule has 150 valence electrons. The van der Waals surface area contributed by atoms with Gasteiger partial charge in [0, 0.05) is 13.0 Å². The molecule has 4 nitrogen and oxygen atoms in total. The van der Waals surface area contributed by atoms with Crippen LogP contribution in [-0.2, 0) is 19.0 Å². The minimum atomic E-state index is -0.0987. The van der Waals surface area contributed by atoms with E-state index in [-0.39, 0.29) is 5.97 Å². The number of hydrogen-bond donors (Lipinski definition) is 0. The van der Waals surface area contributed by atoms with Gasteiger partial charge >= 0.3 is 5.97 Å². The molecule has 0 aliphatic heterocycles. The van der Waals surface area contributed by atoms with Gasteiger partial charge in [0.2, 0.25) is 0 Å². The van der Waals surface area contributed by atoms with E-state index < -0.39 is 0 Å². The van der Waals surface area contributed by atoms with E-state index in [1.165, 1.54) is 57.8 Å². The zero-order chi connectivity index (χ0) is 18.4. The quantitative estimate of drug-likeness (QED) is 0.208. The van der Waals surface area contributed by atoms with Crippen molar-refractivity contribution in [3.8, 4) is 0 Å². The smallest absolute Gasteiger partial charge is 0.305 e. The van der Waals surface area contributed by atoms with Gasteiger partial charge < -0.3 is 14.2 Å². The highest BCUT2D eigenvalue weighted by molar-refractivity contribution is 5.69. The molecular weight excluding hydrogens is 316 g/mol. The summed E-state index contributed by atoms with van der Waals surface area (Å²) in [4.78, 5) is 11.5. The first kappa shape index (κ1) is 24.4. The highest BCUT2D eigenvalue weighted by Gasteiger charge is 2.02. The Kier molecular flexibility index (Phi) is 20.9. The third kappa shape index (κ3) is 21.3. The normalized spacial score (nSPS) is 11.0. The fourth-order valence-corrected chi connectivity index (χ4v) is 2.64. The van der Waals surface area contributed by atoms with E-state index >= 15 is 0 Å². The molecule has 0 aliphatic carbocycles. The number of ether oxygens (including phenoxy) is 3. The average molecular weight is 359 g/mol. The van der Waals surface area contributed by atoms with Crippen LogP contribution in [-0.4, -0.2) is 39.0 Å². The topological polar surface area (TPSA) is 44.8 Å². The molecule has 0 amide bonds. The number of rotatable bonds is 20. The monoisotopic (exact) mass is 358 g/mol. The highest BCUT2D eigenvalue weighted by atomic mass is 16.6. The summed E-state index contributed by atoms with van der Waals surface area (Å²) in [7, 11) is 0. The van der Waals surface area contributed by atoms with Gasteiger partial charge in [0.25, 0.3) is 0 Å². The molecule has 0 aromatic heterocycles. The van der Waals surface area contributed by atoms with Gasteiger partial charge in [-0.1, -0.05) is 78.1 Å². The second-order valence-electron chi connectivity index (χ2n) is 6.73. The van der Waals surface area contributed by atoms with Crippen molar-refractivity contribution < 1.29 is 19.0 Å². The molecule has 0 radical (unpaired) electrons. The van der Waals surface area contributed by atoms with Crippen molar-refractivity contribution in [2.75, 3.05) is 33.0 Å². The molecule has 0 aliphatic rings. The molecule has 0 saturated carbocycles. The fourth-order valence-electron chi connectivity index (χ4n) is 2.64. The van der Waals surface area contributed by atoms with Crippen LogP contribution in [0, 0.1) is 0 Å². The maximum atomic E-state index is 11.5. The average Bonchev–Trinajstić information content (AvgIpc) is 2.62. The second-order valence-corrected chi connectivity index (χ2v) is 6.73. The van der Waals surface area contributed by atoms with Gasteiger partial charge in [-0.15, -0.1) is 0 Å². The Labute approximate surface area is 156 Å². The first-order valence-corrected chi connectivity index (χ1v) is 10.6. The summed E-state index contributed by atoms with van der Waals surface area (Å²) in [6, 6.07) is 0. The first-order chi connectivity index (χ1) is 12.3. The Bertz CT molecular complexity index is 269. The van der Waals surface area contributed by atoms with Gasteiger partial charge in [-0.05, 0) is 12.8 Å². The Morgan fingerprint density at radius 1 is 0.560 bits per heavy atom. The largest absolute Gasteiger partial charge is 0.463 e. The van der Waals surface area contributed by atoms with E-state index in [1.54, 1.807) is 0 Å². The predicted octanol–water partition coefficient (Wildman–Crippen LogP) is 5.67. The Balaban J connectivity index is 3.11. The molecule has 0 saturated heterocycles. The summed E-state index contributed by atoms with van der Waals surface area (Å²) >= 11 is 0. The van der Waals surface area contributed by atoms with Gasteiger partial charge in [0.1, 0.15) is 6.61 Å². The van der Waals surface area contributed by atoms with E-state index in [2.05, 4.69) is 13.8 Å². The molecule has 0 rings (SSSR count). The zero-order valence-electron chi connectivity index (χ0n) is 16.9. The molecule has 0 atom stereocenters. The summed E-state index contributed by atoms with van der Waals surface area (Å²) in [5.74, 6) is -0.0987. The van der Waals surface area contributed by atoms with Crippen molar-refractivity contribution in [2.45, 2.75) is 97.3 Å². The lowest BCUT2D eigenvalue weighted by molar-refractivity contribution is -0.145. The number of unbranched alkanes of at least 4 members (excludes halogenated alkanes) is 10. The van der Waals surface area contributed by atoms with Crippen LogP contribution in [0.2, 0.25) is 0 Å². The summed E-state index contributed by atoms with van der Waals surface area (Å²) in [6.45, 7) is 7.28. The minimum absolute atomic E-state index is 0.0987. The van der Waals surface area contributed by atoms with Gasteiger partial charge in [-0.2, -0.15) is 0 Å². The van der Waals surface area contributed by atoms with Crippen LogP contribution in [0.1, 0.15) is 97.3 Å². The molecule has 0 heterocycles. The number of carbonyl (C=O) groups excluding carboxylic acids is 1. The fraction of sp³-hybridized carbons (Fsp3) is 0.952. The van der Waals surface area contributed by atoms with E-state index in [0.717, 1.165) is 25.9 Å². The van der Waals surface area contributed by atoms with E-state index in [9.17, 15) is 4.79 Å². The Morgan fingerprint density at radius 3 is 1.68 bits per heavy atom. The van der Waals surface area contributed by atoms with Crippen LogP contribution >= 0.6 is 0 Å². The zero-order valence-corrected chi connectivity index (χ0v) is 16.9. The molecule has 0 fully saturated rings. The van der Waals surface area contributed by atoms with Crippen LogP contribution in [0.3, 0.4) is 0 Å². The molecule has 0 bridgehead atoms. The van der Waals surface area contributed by atoms with E-state index in [1.807, 2.05) is 0 Å².